The lowest BCUT2D eigenvalue weighted by atomic mass is 10.2. The summed E-state index contributed by atoms with van der Waals surface area (Å²) < 4.78 is 0. The Kier molecular flexibility index (Phi) is 4.56. The molecule has 9 nitrogen and oxygen atoms in total. The molecule has 0 unspecified atom stereocenters. The minimum atomic E-state index is -0.170. The molecule has 0 aromatic carbocycles. The lowest BCUT2D eigenvalue weighted by Gasteiger charge is -2.34. The summed E-state index contributed by atoms with van der Waals surface area (Å²) in [5, 5.41) is 7.01. The zero-order chi connectivity index (χ0) is 18.6. The van der Waals surface area contributed by atoms with Crippen molar-refractivity contribution in [1.29, 1.82) is 0 Å². The van der Waals surface area contributed by atoms with Crippen LogP contribution >= 0.6 is 0 Å². The van der Waals surface area contributed by atoms with Crippen LogP contribution in [-0.2, 0) is 0 Å². The van der Waals surface area contributed by atoms with Gasteiger partial charge < -0.3 is 9.80 Å². The highest BCUT2D eigenvalue weighted by atomic mass is 16.2. The first-order chi connectivity index (χ1) is 13.2. The Hall–Kier alpha value is -3.62. The van der Waals surface area contributed by atoms with Crippen LogP contribution in [0.4, 0.5) is 0 Å². The highest BCUT2D eigenvalue weighted by Crippen LogP contribution is 2.17. The van der Waals surface area contributed by atoms with Crippen LogP contribution in [0.25, 0.3) is 11.3 Å². The summed E-state index contributed by atoms with van der Waals surface area (Å²) in [6, 6.07) is 5.40. The minimum Gasteiger partial charge on any atom is -0.334 e. The van der Waals surface area contributed by atoms with Crippen molar-refractivity contribution in [1.82, 2.24) is 34.9 Å². The minimum absolute atomic E-state index is 0.130. The lowest BCUT2D eigenvalue weighted by Crippen LogP contribution is -2.50. The van der Waals surface area contributed by atoms with Gasteiger partial charge in [0.1, 0.15) is 11.4 Å². The molecule has 0 radical (unpaired) electrons. The van der Waals surface area contributed by atoms with Crippen LogP contribution < -0.4 is 0 Å². The molecular formula is C18H17N7O2. The van der Waals surface area contributed by atoms with Gasteiger partial charge in [-0.2, -0.15) is 5.10 Å². The van der Waals surface area contributed by atoms with Crippen molar-refractivity contribution in [2.75, 3.05) is 26.2 Å². The molecule has 9 heteroatoms. The van der Waals surface area contributed by atoms with Gasteiger partial charge in [-0.15, -0.1) is 0 Å². The fourth-order valence-corrected chi connectivity index (χ4v) is 2.96. The predicted molar refractivity (Wildman–Crippen MR) is 95.7 cm³/mol. The van der Waals surface area contributed by atoms with E-state index in [9.17, 15) is 9.59 Å². The summed E-state index contributed by atoms with van der Waals surface area (Å²) in [7, 11) is 0. The number of hydrogen-bond donors (Lipinski definition) is 1. The van der Waals surface area contributed by atoms with Gasteiger partial charge in [0.05, 0.1) is 11.9 Å². The van der Waals surface area contributed by atoms with E-state index >= 15 is 0 Å². The van der Waals surface area contributed by atoms with E-state index in [0.717, 1.165) is 5.56 Å². The number of aromatic amines is 1. The number of aromatic nitrogens is 5. The molecule has 1 aliphatic rings. The van der Waals surface area contributed by atoms with Crippen molar-refractivity contribution < 1.29 is 9.59 Å². The Labute approximate surface area is 155 Å². The van der Waals surface area contributed by atoms with Crippen LogP contribution in [0.3, 0.4) is 0 Å². The van der Waals surface area contributed by atoms with E-state index in [1.165, 1.54) is 18.6 Å². The number of carbonyl (C=O) groups is 2. The maximum absolute atomic E-state index is 12.7. The average Bonchev–Trinajstić information content (AvgIpc) is 3.24. The van der Waals surface area contributed by atoms with Crippen molar-refractivity contribution in [2.24, 2.45) is 0 Å². The van der Waals surface area contributed by atoms with E-state index in [0.29, 0.717) is 43.3 Å². The molecule has 0 bridgehead atoms. The number of rotatable bonds is 3. The van der Waals surface area contributed by atoms with Gasteiger partial charge in [-0.05, 0) is 18.2 Å². The molecule has 0 atom stereocenters. The average molecular weight is 363 g/mol. The fourth-order valence-electron chi connectivity index (χ4n) is 2.96. The maximum atomic E-state index is 12.7. The van der Waals surface area contributed by atoms with Gasteiger partial charge in [-0.3, -0.25) is 24.7 Å². The highest BCUT2D eigenvalue weighted by Gasteiger charge is 2.27. The summed E-state index contributed by atoms with van der Waals surface area (Å²) >= 11 is 0. The van der Waals surface area contributed by atoms with E-state index in [1.807, 2.05) is 12.1 Å². The van der Waals surface area contributed by atoms with Crippen LogP contribution in [0.2, 0.25) is 0 Å². The quantitative estimate of drug-likeness (QED) is 0.739. The summed E-state index contributed by atoms with van der Waals surface area (Å²) in [4.78, 5) is 40.4. The second kappa shape index (κ2) is 7.32. The van der Waals surface area contributed by atoms with Gasteiger partial charge >= 0.3 is 0 Å². The Morgan fingerprint density at radius 1 is 0.889 bits per heavy atom. The van der Waals surface area contributed by atoms with Gasteiger partial charge in [-0.25, -0.2) is 4.98 Å². The molecule has 1 N–H and O–H groups in total. The SMILES string of the molecule is O=C(c1cnccn1)N1CCN(C(=O)c2cc(-c3ccncc3)n[nH]2)CC1. The topological polar surface area (TPSA) is 108 Å². The number of amides is 2. The third kappa shape index (κ3) is 3.52. The number of pyridine rings is 1. The number of hydrogen-bond acceptors (Lipinski definition) is 6. The highest BCUT2D eigenvalue weighted by molar-refractivity contribution is 5.94. The summed E-state index contributed by atoms with van der Waals surface area (Å²) in [5.41, 5.74) is 2.32. The molecule has 0 saturated carbocycles. The molecule has 1 fully saturated rings. The van der Waals surface area contributed by atoms with Crippen LogP contribution in [0.1, 0.15) is 21.0 Å². The van der Waals surface area contributed by atoms with E-state index in [4.69, 9.17) is 0 Å². The summed E-state index contributed by atoms with van der Waals surface area (Å²) in [6.07, 6.45) is 7.83. The molecule has 4 heterocycles. The normalized spacial score (nSPS) is 14.2. The van der Waals surface area contributed by atoms with Gasteiger partial charge in [0, 0.05) is 56.5 Å². The van der Waals surface area contributed by atoms with E-state index in [-0.39, 0.29) is 11.8 Å². The molecule has 1 aliphatic heterocycles. The van der Waals surface area contributed by atoms with Crippen LogP contribution in [0, 0.1) is 0 Å². The number of nitrogens with zero attached hydrogens (tertiary/aromatic N) is 6. The van der Waals surface area contributed by atoms with Crippen molar-refractivity contribution in [3.8, 4) is 11.3 Å². The Morgan fingerprint density at radius 2 is 1.59 bits per heavy atom. The first kappa shape index (κ1) is 16.8. The molecule has 2 amide bonds. The second-order valence-electron chi connectivity index (χ2n) is 6.08. The number of nitrogens with one attached hydrogen (secondary N) is 1. The molecule has 0 aliphatic carbocycles. The molecule has 136 valence electrons. The molecule has 4 rings (SSSR count). The van der Waals surface area contributed by atoms with Crippen molar-refractivity contribution in [2.45, 2.75) is 0 Å². The molecular weight excluding hydrogens is 346 g/mol. The van der Waals surface area contributed by atoms with Crippen LogP contribution in [0.15, 0.2) is 49.2 Å². The monoisotopic (exact) mass is 363 g/mol. The van der Waals surface area contributed by atoms with Gasteiger partial charge in [-0.1, -0.05) is 0 Å². The molecule has 0 spiro atoms. The molecule has 27 heavy (non-hydrogen) atoms. The van der Waals surface area contributed by atoms with Crippen molar-refractivity contribution in [3.05, 3.63) is 60.6 Å². The van der Waals surface area contributed by atoms with Crippen LogP contribution in [0.5, 0.6) is 0 Å². The van der Waals surface area contributed by atoms with E-state index in [1.54, 1.807) is 28.3 Å². The largest absolute Gasteiger partial charge is 0.334 e. The predicted octanol–water partition coefficient (Wildman–Crippen LogP) is 0.860. The molecule has 3 aromatic heterocycles. The lowest BCUT2D eigenvalue weighted by molar-refractivity contribution is 0.0529. The van der Waals surface area contributed by atoms with Gasteiger partial charge in [0.25, 0.3) is 11.8 Å². The first-order valence-corrected chi connectivity index (χ1v) is 8.53. The second-order valence-corrected chi connectivity index (χ2v) is 6.08. The molecule has 3 aromatic rings. The third-order valence-electron chi connectivity index (χ3n) is 4.42. The van der Waals surface area contributed by atoms with E-state index < -0.39 is 0 Å². The number of carbonyl (C=O) groups excluding carboxylic acids is 2. The van der Waals surface area contributed by atoms with Gasteiger partial charge in [0.15, 0.2) is 0 Å². The number of H-pyrrole nitrogens is 1. The Balaban J connectivity index is 1.39. The van der Waals surface area contributed by atoms with Crippen LogP contribution in [-0.4, -0.2) is 72.9 Å². The van der Waals surface area contributed by atoms with Gasteiger partial charge in [0.2, 0.25) is 0 Å². The smallest absolute Gasteiger partial charge is 0.274 e. The van der Waals surface area contributed by atoms with Crippen molar-refractivity contribution >= 4 is 11.8 Å². The third-order valence-corrected chi connectivity index (χ3v) is 4.42. The first-order valence-electron chi connectivity index (χ1n) is 8.53. The fraction of sp³-hybridized carbons (Fsp3) is 0.222. The number of piperazine rings is 1. The Bertz CT molecular complexity index is 935. The van der Waals surface area contributed by atoms with Crippen molar-refractivity contribution in [3.63, 3.8) is 0 Å². The standard InChI is InChI=1S/C18H17N7O2/c26-17(15-11-14(22-23-15)13-1-3-19-4-2-13)24-7-9-25(10-8-24)18(27)16-12-20-5-6-21-16/h1-6,11-12H,7-10H2,(H,22,23). The zero-order valence-electron chi connectivity index (χ0n) is 14.4. The summed E-state index contributed by atoms with van der Waals surface area (Å²) in [5.74, 6) is -0.300. The van der Waals surface area contributed by atoms with E-state index in [2.05, 4.69) is 25.1 Å². The zero-order valence-corrected chi connectivity index (χ0v) is 14.4. The Morgan fingerprint density at radius 3 is 2.26 bits per heavy atom. The summed E-state index contributed by atoms with van der Waals surface area (Å²) in [6.45, 7) is 1.81. The molecule has 1 saturated heterocycles. The maximum Gasteiger partial charge on any atom is 0.274 e.